The van der Waals surface area contributed by atoms with E-state index in [2.05, 4.69) is 17.1 Å². The molecule has 0 saturated carbocycles. The van der Waals surface area contributed by atoms with E-state index in [-0.39, 0.29) is 11.9 Å². The maximum absolute atomic E-state index is 12.2. The van der Waals surface area contributed by atoms with Crippen LogP contribution in [0.2, 0.25) is 5.02 Å². The monoisotopic (exact) mass is 296 g/mol. The molecule has 0 radical (unpaired) electrons. The molecular weight excluding hydrogens is 280 g/mol. The van der Waals surface area contributed by atoms with E-state index >= 15 is 0 Å². The first kappa shape index (κ1) is 14.3. The molecule has 2 aromatic rings. The van der Waals surface area contributed by atoms with E-state index in [0.717, 1.165) is 10.1 Å². The Hall–Kier alpha value is -1.10. The molecule has 1 atom stereocenters. The van der Waals surface area contributed by atoms with Crippen LogP contribution in [0.4, 0.5) is 0 Å². The van der Waals surface area contributed by atoms with Crippen molar-refractivity contribution < 1.29 is 4.79 Å². The molecule has 0 aliphatic heterocycles. The largest absolute Gasteiger partial charge is 0.350 e. The molecule has 5 heteroatoms. The summed E-state index contributed by atoms with van der Waals surface area (Å²) in [7, 11) is 3.98. The average molecular weight is 297 g/mol. The summed E-state index contributed by atoms with van der Waals surface area (Å²) in [5, 5.41) is 4.42. The Morgan fingerprint density at radius 2 is 2.11 bits per heavy atom. The van der Waals surface area contributed by atoms with Gasteiger partial charge < -0.3 is 10.2 Å². The van der Waals surface area contributed by atoms with Gasteiger partial charge in [0.05, 0.1) is 5.02 Å². The van der Waals surface area contributed by atoms with E-state index in [1.54, 1.807) is 0 Å². The predicted octanol–water partition coefficient (Wildman–Crippen LogP) is 3.23. The molecule has 0 aliphatic carbocycles. The highest BCUT2D eigenvalue weighted by Crippen LogP contribution is 2.34. The second-order valence-corrected chi connectivity index (χ2v) is 6.19. The van der Waals surface area contributed by atoms with Gasteiger partial charge in [0.1, 0.15) is 4.88 Å². The predicted molar refractivity (Wildman–Crippen MR) is 82.3 cm³/mol. The van der Waals surface area contributed by atoms with Gasteiger partial charge in [-0.05, 0) is 27.1 Å². The number of rotatable bonds is 4. The summed E-state index contributed by atoms with van der Waals surface area (Å²) in [4.78, 5) is 14.8. The topological polar surface area (TPSA) is 32.3 Å². The zero-order valence-corrected chi connectivity index (χ0v) is 12.8. The summed E-state index contributed by atoms with van der Waals surface area (Å²) in [6.07, 6.45) is 0. The molecule has 1 N–H and O–H groups in total. The quantitative estimate of drug-likeness (QED) is 0.939. The first-order chi connectivity index (χ1) is 9.00. The lowest BCUT2D eigenvalue weighted by Gasteiger charge is -2.19. The van der Waals surface area contributed by atoms with Crippen LogP contribution in [0.5, 0.6) is 0 Å². The third-order valence-corrected chi connectivity index (χ3v) is 4.85. The lowest BCUT2D eigenvalue weighted by molar-refractivity contribution is 0.0948. The summed E-state index contributed by atoms with van der Waals surface area (Å²) < 4.78 is 1.04. The summed E-state index contributed by atoms with van der Waals surface area (Å²) in [6.45, 7) is 2.67. The Morgan fingerprint density at radius 1 is 1.42 bits per heavy atom. The molecule has 3 nitrogen and oxygen atoms in total. The number of nitrogens with one attached hydrogen (secondary N) is 1. The highest BCUT2D eigenvalue weighted by atomic mass is 35.5. The van der Waals surface area contributed by atoms with Crippen molar-refractivity contribution in [3.8, 4) is 0 Å². The number of likely N-dealkylation sites (N-methyl/N-ethyl adjacent to an activating group) is 1. The Kier molecular flexibility index (Phi) is 4.45. The molecule has 0 spiro atoms. The van der Waals surface area contributed by atoms with E-state index in [1.165, 1.54) is 11.3 Å². The SMILES string of the molecule is CC(CNC(=O)c1sc2ccccc2c1Cl)N(C)C. The minimum atomic E-state index is -0.0973. The highest BCUT2D eigenvalue weighted by molar-refractivity contribution is 7.21. The van der Waals surface area contributed by atoms with E-state index in [1.807, 2.05) is 38.4 Å². The smallest absolute Gasteiger partial charge is 0.262 e. The Balaban J connectivity index is 2.16. The number of hydrogen-bond donors (Lipinski definition) is 1. The van der Waals surface area contributed by atoms with Crippen LogP contribution in [0, 0.1) is 0 Å². The number of nitrogens with zero attached hydrogens (tertiary/aromatic N) is 1. The number of benzene rings is 1. The molecule has 19 heavy (non-hydrogen) atoms. The summed E-state index contributed by atoms with van der Waals surface area (Å²) >= 11 is 7.70. The summed E-state index contributed by atoms with van der Waals surface area (Å²) in [5.74, 6) is -0.0973. The van der Waals surface area contributed by atoms with Crippen molar-refractivity contribution in [1.82, 2.24) is 10.2 Å². The fourth-order valence-electron chi connectivity index (χ4n) is 1.66. The van der Waals surface area contributed by atoms with E-state index in [9.17, 15) is 4.79 Å². The molecule has 1 heterocycles. The maximum atomic E-state index is 12.2. The number of amides is 1. The fraction of sp³-hybridized carbons (Fsp3) is 0.357. The van der Waals surface area contributed by atoms with Gasteiger partial charge in [0, 0.05) is 22.7 Å². The van der Waals surface area contributed by atoms with Crippen LogP contribution in [0.15, 0.2) is 24.3 Å². The van der Waals surface area contributed by atoms with Crippen LogP contribution in [0.3, 0.4) is 0 Å². The van der Waals surface area contributed by atoms with Crippen molar-refractivity contribution in [2.45, 2.75) is 13.0 Å². The number of thiophene rings is 1. The number of carbonyl (C=O) groups excluding carboxylic acids is 1. The average Bonchev–Trinajstić information content (AvgIpc) is 2.73. The first-order valence-electron chi connectivity index (χ1n) is 6.12. The molecule has 1 aromatic carbocycles. The molecule has 1 amide bonds. The molecule has 2 rings (SSSR count). The van der Waals surface area contributed by atoms with Crippen LogP contribution < -0.4 is 5.32 Å². The molecule has 102 valence electrons. The number of carbonyl (C=O) groups is 1. The zero-order chi connectivity index (χ0) is 14.0. The van der Waals surface area contributed by atoms with Gasteiger partial charge in [0.25, 0.3) is 5.91 Å². The third-order valence-electron chi connectivity index (χ3n) is 3.18. The molecule has 0 aliphatic rings. The number of hydrogen-bond acceptors (Lipinski definition) is 3. The van der Waals surface area contributed by atoms with Crippen LogP contribution >= 0.6 is 22.9 Å². The van der Waals surface area contributed by atoms with Crippen molar-refractivity contribution in [1.29, 1.82) is 0 Å². The normalized spacial score (nSPS) is 12.9. The molecule has 1 unspecified atom stereocenters. The number of halogens is 1. The van der Waals surface area contributed by atoms with Crippen LogP contribution in [-0.4, -0.2) is 37.5 Å². The van der Waals surface area contributed by atoms with Crippen molar-refractivity contribution in [3.63, 3.8) is 0 Å². The Bertz CT molecular complexity index is 594. The Labute approximate surface area is 122 Å². The lowest BCUT2D eigenvalue weighted by Crippen LogP contribution is -2.38. The first-order valence-corrected chi connectivity index (χ1v) is 7.31. The van der Waals surface area contributed by atoms with Gasteiger partial charge in [-0.1, -0.05) is 29.8 Å². The Morgan fingerprint density at radius 3 is 2.74 bits per heavy atom. The molecule has 1 aromatic heterocycles. The van der Waals surface area contributed by atoms with Gasteiger partial charge in [-0.3, -0.25) is 4.79 Å². The van der Waals surface area contributed by atoms with E-state index < -0.39 is 0 Å². The molecule has 0 saturated heterocycles. The lowest BCUT2D eigenvalue weighted by atomic mass is 10.2. The van der Waals surface area contributed by atoms with Gasteiger partial charge in [-0.2, -0.15) is 0 Å². The van der Waals surface area contributed by atoms with Gasteiger partial charge in [-0.15, -0.1) is 11.3 Å². The molecule has 0 fully saturated rings. The van der Waals surface area contributed by atoms with Gasteiger partial charge >= 0.3 is 0 Å². The van der Waals surface area contributed by atoms with Gasteiger partial charge in [0.2, 0.25) is 0 Å². The fourth-order valence-corrected chi connectivity index (χ4v) is 3.10. The maximum Gasteiger partial charge on any atom is 0.262 e. The number of fused-ring (bicyclic) bond motifs is 1. The van der Waals surface area contributed by atoms with Crippen molar-refractivity contribution in [2.24, 2.45) is 0 Å². The second-order valence-electron chi connectivity index (χ2n) is 4.76. The third kappa shape index (κ3) is 3.08. The van der Waals surface area contributed by atoms with Crippen LogP contribution in [0.1, 0.15) is 16.6 Å². The van der Waals surface area contributed by atoms with Gasteiger partial charge in [0.15, 0.2) is 0 Å². The molecule has 0 bridgehead atoms. The van der Waals surface area contributed by atoms with Crippen LogP contribution in [0.25, 0.3) is 10.1 Å². The van der Waals surface area contributed by atoms with Gasteiger partial charge in [-0.25, -0.2) is 0 Å². The van der Waals surface area contributed by atoms with Crippen molar-refractivity contribution in [2.75, 3.05) is 20.6 Å². The minimum absolute atomic E-state index is 0.0973. The van der Waals surface area contributed by atoms with Crippen LogP contribution in [-0.2, 0) is 0 Å². The summed E-state index contributed by atoms with van der Waals surface area (Å²) in [5.41, 5.74) is 0. The zero-order valence-electron chi connectivity index (χ0n) is 11.2. The van der Waals surface area contributed by atoms with E-state index in [0.29, 0.717) is 16.4 Å². The van der Waals surface area contributed by atoms with Crippen molar-refractivity contribution >= 4 is 38.9 Å². The van der Waals surface area contributed by atoms with Crippen molar-refractivity contribution in [3.05, 3.63) is 34.2 Å². The highest BCUT2D eigenvalue weighted by Gasteiger charge is 2.17. The summed E-state index contributed by atoms with van der Waals surface area (Å²) in [6, 6.07) is 8.08. The second kappa shape index (κ2) is 5.90. The molecular formula is C14H17ClN2OS. The van der Waals surface area contributed by atoms with E-state index in [4.69, 9.17) is 11.6 Å². The standard InChI is InChI=1S/C14H17ClN2OS/c1-9(17(2)3)8-16-14(18)13-12(15)10-6-4-5-7-11(10)19-13/h4-7,9H,8H2,1-3H3,(H,16,18). The minimum Gasteiger partial charge on any atom is -0.350 e.